The molecule has 1 aromatic carbocycles. The number of hydrogen-bond donors (Lipinski definition) is 1. The first-order chi connectivity index (χ1) is 13.3. The number of nitrogens with one attached hydrogen (secondary N) is 1. The Labute approximate surface area is 165 Å². The number of rotatable bonds is 7. The second-order valence-electron chi connectivity index (χ2n) is 8.07. The lowest BCUT2D eigenvalue weighted by Gasteiger charge is -2.23. The number of carbonyl (C=O) groups is 2. The molecule has 1 heterocycles. The predicted octanol–water partition coefficient (Wildman–Crippen LogP) is 3.61. The van der Waals surface area contributed by atoms with Gasteiger partial charge in [-0.15, -0.1) is 0 Å². The third kappa shape index (κ3) is 6.11. The van der Waals surface area contributed by atoms with Crippen molar-refractivity contribution >= 4 is 12.1 Å². The molecule has 7 nitrogen and oxygen atoms in total. The van der Waals surface area contributed by atoms with E-state index in [0.717, 1.165) is 24.1 Å². The van der Waals surface area contributed by atoms with Gasteiger partial charge in [-0.25, -0.2) is 9.48 Å². The Bertz CT molecular complexity index is 790. The largest absolute Gasteiger partial charge is 0.461 e. The number of carbonyl (C=O) groups excluding carboxylic acids is 2. The monoisotopic (exact) mass is 385 g/mol. The highest BCUT2D eigenvalue weighted by Crippen LogP contribution is 2.34. The molecule has 3 rings (SSSR count). The molecular weight excluding hydrogens is 358 g/mol. The van der Waals surface area contributed by atoms with Crippen LogP contribution in [-0.2, 0) is 20.9 Å². The summed E-state index contributed by atoms with van der Waals surface area (Å²) >= 11 is 0. The van der Waals surface area contributed by atoms with Crippen molar-refractivity contribution in [3.05, 3.63) is 48.3 Å². The Balaban J connectivity index is 1.47. The van der Waals surface area contributed by atoms with Crippen molar-refractivity contribution in [2.75, 3.05) is 0 Å². The summed E-state index contributed by atoms with van der Waals surface area (Å²) in [6.45, 7) is 5.63. The van der Waals surface area contributed by atoms with Crippen molar-refractivity contribution in [1.82, 2.24) is 15.1 Å². The molecule has 7 heteroatoms. The molecule has 1 amide bonds. The Morgan fingerprint density at radius 3 is 2.54 bits per heavy atom. The van der Waals surface area contributed by atoms with Crippen LogP contribution in [0.1, 0.15) is 45.6 Å². The van der Waals surface area contributed by atoms with E-state index in [1.54, 1.807) is 10.9 Å². The summed E-state index contributed by atoms with van der Waals surface area (Å²) < 4.78 is 12.4. The van der Waals surface area contributed by atoms with Gasteiger partial charge in [-0.2, -0.15) is 5.10 Å². The molecule has 28 heavy (non-hydrogen) atoms. The lowest BCUT2D eigenvalue weighted by atomic mass is 10.1. The average Bonchev–Trinajstić information content (AvgIpc) is 3.33. The minimum atomic E-state index is -0.568. The van der Waals surface area contributed by atoms with E-state index in [9.17, 15) is 9.59 Å². The topological polar surface area (TPSA) is 82.5 Å². The van der Waals surface area contributed by atoms with E-state index >= 15 is 0 Å². The average molecular weight is 385 g/mol. The number of aromatic nitrogens is 2. The lowest BCUT2D eigenvalue weighted by Crippen LogP contribution is -2.41. The van der Waals surface area contributed by atoms with Crippen LogP contribution in [0.25, 0.3) is 5.69 Å². The molecular formula is C21H27N3O4. The minimum absolute atomic E-state index is 0.148. The zero-order valence-electron chi connectivity index (χ0n) is 16.6. The molecule has 0 aliphatic heterocycles. The molecule has 0 bridgehead atoms. The van der Waals surface area contributed by atoms with E-state index < -0.39 is 11.7 Å². The van der Waals surface area contributed by atoms with E-state index in [-0.39, 0.29) is 25.0 Å². The highest BCUT2D eigenvalue weighted by Gasteiger charge is 2.35. The molecule has 1 aromatic heterocycles. The SMILES string of the molecule is CC(C)(C)OC(=O)NC(CC(=O)OCc1ccc(-n2cccn2)cc1)C1CC1. The highest BCUT2D eigenvalue weighted by molar-refractivity contribution is 5.73. The summed E-state index contributed by atoms with van der Waals surface area (Å²) in [7, 11) is 0. The molecule has 150 valence electrons. The van der Waals surface area contributed by atoms with Crippen LogP contribution < -0.4 is 5.32 Å². The van der Waals surface area contributed by atoms with Gasteiger partial charge in [0.05, 0.1) is 12.1 Å². The van der Waals surface area contributed by atoms with E-state index in [2.05, 4.69) is 10.4 Å². The molecule has 1 aliphatic rings. The molecule has 0 radical (unpaired) electrons. The summed E-state index contributed by atoms with van der Waals surface area (Å²) in [5.41, 5.74) is 1.27. The highest BCUT2D eigenvalue weighted by atomic mass is 16.6. The summed E-state index contributed by atoms with van der Waals surface area (Å²) in [6, 6.07) is 9.27. The number of hydrogen-bond acceptors (Lipinski definition) is 5. The van der Waals surface area contributed by atoms with Gasteiger partial charge in [0.2, 0.25) is 0 Å². The van der Waals surface area contributed by atoms with Crippen LogP contribution in [0.3, 0.4) is 0 Å². The summed E-state index contributed by atoms with van der Waals surface area (Å²) in [5.74, 6) is -0.0162. The van der Waals surface area contributed by atoms with Gasteiger partial charge >= 0.3 is 12.1 Å². The predicted molar refractivity (Wildman–Crippen MR) is 104 cm³/mol. The van der Waals surface area contributed by atoms with Gasteiger partial charge in [0.25, 0.3) is 0 Å². The van der Waals surface area contributed by atoms with Crippen molar-refractivity contribution in [2.24, 2.45) is 5.92 Å². The van der Waals surface area contributed by atoms with Crippen LogP contribution in [-0.4, -0.2) is 33.5 Å². The molecule has 1 N–H and O–H groups in total. The zero-order chi connectivity index (χ0) is 20.1. The fourth-order valence-corrected chi connectivity index (χ4v) is 2.86. The molecule has 1 fully saturated rings. The van der Waals surface area contributed by atoms with E-state index in [4.69, 9.17) is 9.47 Å². The number of esters is 1. The van der Waals surface area contributed by atoms with Crippen LogP contribution >= 0.6 is 0 Å². The van der Waals surface area contributed by atoms with Crippen molar-refractivity contribution in [3.63, 3.8) is 0 Å². The van der Waals surface area contributed by atoms with Crippen LogP contribution in [0.15, 0.2) is 42.7 Å². The van der Waals surface area contributed by atoms with Crippen molar-refractivity contribution in [1.29, 1.82) is 0 Å². The van der Waals surface area contributed by atoms with Gasteiger partial charge in [-0.3, -0.25) is 4.79 Å². The Kier molecular flexibility index (Phi) is 6.02. The second kappa shape index (κ2) is 8.46. The number of benzene rings is 1. The van der Waals surface area contributed by atoms with E-state index in [0.29, 0.717) is 5.92 Å². The number of amides is 1. The third-order valence-electron chi connectivity index (χ3n) is 4.38. The minimum Gasteiger partial charge on any atom is -0.461 e. The smallest absolute Gasteiger partial charge is 0.407 e. The number of alkyl carbamates (subject to hydrolysis) is 1. The van der Waals surface area contributed by atoms with E-state index in [1.807, 2.05) is 57.3 Å². The maximum atomic E-state index is 12.3. The van der Waals surface area contributed by atoms with Crippen LogP contribution in [0, 0.1) is 5.92 Å². The molecule has 0 saturated heterocycles. The van der Waals surface area contributed by atoms with Crippen molar-refractivity contribution < 1.29 is 19.1 Å². The van der Waals surface area contributed by atoms with Gasteiger partial charge in [0, 0.05) is 18.4 Å². The van der Waals surface area contributed by atoms with Crippen LogP contribution in [0.4, 0.5) is 4.79 Å². The van der Waals surface area contributed by atoms with Crippen molar-refractivity contribution in [2.45, 2.75) is 58.3 Å². The first-order valence-electron chi connectivity index (χ1n) is 9.54. The van der Waals surface area contributed by atoms with Crippen molar-refractivity contribution in [3.8, 4) is 5.69 Å². The number of ether oxygens (including phenoxy) is 2. The maximum absolute atomic E-state index is 12.3. The fourth-order valence-electron chi connectivity index (χ4n) is 2.86. The summed E-state index contributed by atoms with van der Waals surface area (Å²) in [4.78, 5) is 24.2. The Hall–Kier alpha value is -2.83. The lowest BCUT2D eigenvalue weighted by molar-refractivity contribution is -0.145. The first-order valence-corrected chi connectivity index (χ1v) is 9.54. The van der Waals surface area contributed by atoms with Gasteiger partial charge in [0.15, 0.2) is 0 Å². The van der Waals surface area contributed by atoms with Crippen LogP contribution in [0.2, 0.25) is 0 Å². The Morgan fingerprint density at radius 1 is 1.25 bits per heavy atom. The first kappa shape index (κ1) is 19.9. The van der Waals surface area contributed by atoms with Gasteiger partial charge in [-0.1, -0.05) is 12.1 Å². The third-order valence-corrected chi connectivity index (χ3v) is 4.38. The summed E-state index contributed by atoms with van der Waals surface area (Å²) in [6.07, 6.45) is 5.24. The molecule has 1 saturated carbocycles. The molecule has 2 aromatic rings. The molecule has 1 atom stereocenters. The molecule has 1 aliphatic carbocycles. The second-order valence-corrected chi connectivity index (χ2v) is 8.07. The van der Waals surface area contributed by atoms with Gasteiger partial charge < -0.3 is 14.8 Å². The maximum Gasteiger partial charge on any atom is 0.407 e. The van der Waals surface area contributed by atoms with E-state index in [1.165, 1.54) is 0 Å². The summed E-state index contributed by atoms with van der Waals surface area (Å²) in [5, 5.41) is 6.99. The zero-order valence-corrected chi connectivity index (χ0v) is 16.6. The standard InChI is InChI=1S/C21H27N3O4/c1-21(2,3)28-20(26)23-18(16-7-8-16)13-19(25)27-14-15-5-9-17(10-6-15)24-12-4-11-22-24/h4-6,9-12,16,18H,7-8,13-14H2,1-3H3,(H,23,26). The Morgan fingerprint density at radius 2 is 1.96 bits per heavy atom. The van der Waals surface area contributed by atoms with Crippen LogP contribution in [0.5, 0.6) is 0 Å². The molecule has 1 unspecified atom stereocenters. The fraction of sp³-hybridized carbons (Fsp3) is 0.476. The van der Waals surface area contributed by atoms with Gasteiger partial charge in [-0.05, 0) is 63.3 Å². The quantitative estimate of drug-likeness (QED) is 0.736. The normalized spacial score (nSPS) is 15.0. The number of nitrogens with zero attached hydrogens (tertiary/aromatic N) is 2. The molecule has 0 spiro atoms. The van der Waals surface area contributed by atoms with Gasteiger partial charge in [0.1, 0.15) is 12.2 Å².